The molecule has 0 atom stereocenters. The fourth-order valence-corrected chi connectivity index (χ4v) is 4.43. The summed E-state index contributed by atoms with van der Waals surface area (Å²) in [4.78, 5) is 11.2. The predicted octanol–water partition coefficient (Wildman–Crippen LogP) is 4.28. The van der Waals surface area contributed by atoms with E-state index in [0.29, 0.717) is 22.5 Å². The van der Waals surface area contributed by atoms with Gasteiger partial charge in [0.05, 0.1) is 39.6 Å². The topological polar surface area (TPSA) is 107 Å². The number of rotatable bonds is 4. The highest BCUT2D eigenvalue weighted by Crippen LogP contribution is 2.35. The van der Waals surface area contributed by atoms with E-state index in [1.54, 1.807) is 18.2 Å². The molecule has 0 amide bonds. The van der Waals surface area contributed by atoms with Crippen LogP contribution in [0.2, 0.25) is 0 Å². The van der Waals surface area contributed by atoms with Crippen molar-refractivity contribution in [3.63, 3.8) is 0 Å². The lowest BCUT2D eigenvalue weighted by Crippen LogP contribution is -2.23. The van der Waals surface area contributed by atoms with Crippen LogP contribution < -0.4 is 5.73 Å². The largest absolute Gasteiger partial charge is 0.416 e. The Balaban J connectivity index is 1.89. The highest BCUT2D eigenvalue weighted by molar-refractivity contribution is 7.90. The highest BCUT2D eigenvalue weighted by Gasteiger charge is 2.31. The quantitative estimate of drug-likeness (QED) is 0.484. The van der Waals surface area contributed by atoms with E-state index in [1.165, 1.54) is 32.3 Å². The zero-order chi connectivity index (χ0) is 22.6. The van der Waals surface area contributed by atoms with Crippen LogP contribution in [0.3, 0.4) is 0 Å². The van der Waals surface area contributed by atoms with Crippen molar-refractivity contribution in [1.82, 2.24) is 18.9 Å². The number of nitrogens with zero attached hydrogens (tertiary/aromatic N) is 3. The number of nitrogens with one attached hydrogen (secondary N) is 1. The number of fused-ring (bicyclic) bond motifs is 1. The number of hydrogen-bond acceptors (Lipinski definition) is 5. The third-order valence-electron chi connectivity index (χ3n) is 4.88. The summed E-state index contributed by atoms with van der Waals surface area (Å²) in [6.07, 6.45) is -3.12. The molecule has 2 aromatic heterocycles. The van der Waals surface area contributed by atoms with E-state index in [4.69, 9.17) is 5.73 Å². The van der Waals surface area contributed by atoms with E-state index in [-0.39, 0.29) is 17.0 Å². The van der Waals surface area contributed by atoms with Gasteiger partial charge in [0.2, 0.25) is 16.0 Å². The molecule has 0 bridgehead atoms. The number of halogens is 3. The number of nitrogen functional groups attached to an aromatic ring is 1. The van der Waals surface area contributed by atoms with Gasteiger partial charge in [0.15, 0.2) is 0 Å². The minimum Gasteiger partial charge on any atom is -0.368 e. The van der Waals surface area contributed by atoms with Gasteiger partial charge < -0.3 is 10.7 Å². The second-order valence-corrected chi connectivity index (χ2v) is 9.57. The zero-order valence-corrected chi connectivity index (χ0v) is 17.3. The standard InChI is InChI=1S/C20H18F3N5O2S/c1-11(2)31(29,30)28-16-9-13(6-7-15(16)27-19(28)24)18-17(25-10-26-18)12-4-3-5-14(8-12)20(21,22)23/h3-11H,1-2H3,(H2,24,27)(H,25,26). The second kappa shape index (κ2) is 7.12. The van der Waals surface area contributed by atoms with Gasteiger partial charge in [-0.2, -0.15) is 13.2 Å². The zero-order valence-electron chi connectivity index (χ0n) is 16.5. The molecule has 2 aromatic carbocycles. The molecular formula is C20H18F3N5O2S. The van der Waals surface area contributed by atoms with Gasteiger partial charge in [-0.15, -0.1) is 0 Å². The molecule has 0 aliphatic rings. The summed E-state index contributed by atoms with van der Waals surface area (Å²) in [6, 6.07) is 9.69. The number of nitrogens with two attached hydrogens (primary N) is 1. The smallest absolute Gasteiger partial charge is 0.368 e. The van der Waals surface area contributed by atoms with Crippen molar-refractivity contribution in [1.29, 1.82) is 0 Å². The molecule has 0 saturated carbocycles. The monoisotopic (exact) mass is 449 g/mol. The fourth-order valence-electron chi connectivity index (χ4n) is 3.28. The summed E-state index contributed by atoms with van der Waals surface area (Å²) in [5.74, 6) is -0.163. The average molecular weight is 449 g/mol. The van der Waals surface area contributed by atoms with E-state index >= 15 is 0 Å². The van der Waals surface area contributed by atoms with Crippen LogP contribution in [-0.2, 0) is 16.2 Å². The molecule has 2 heterocycles. The minimum atomic E-state index is -4.49. The third-order valence-corrected chi connectivity index (χ3v) is 6.96. The normalized spacial score (nSPS) is 12.7. The summed E-state index contributed by atoms with van der Waals surface area (Å²) >= 11 is 0. The maximum atomic E-state index is 13.1. The third kappa shape index (κ3) is 3.54. The number of H-pyrrole nitrogens is 1. The van der Waals surface area contributed by atoms with E-state index in [9.17, 15) is 21.6 Å². The number of aromatic nitrogens is 4. The summed E-state index contributed by atoms with van der Waals surface area (Å²) in [7, 11) is -3.78. The molecule has 0 radical (unpaired) electrons. The van der Waals surface area contributed by atoms with Crippen LogP contribution in [-0.4, -0.2) is 32.6 Å². The molecular weight excluding hydrogens is 431 g/mol. The Bertz CT molecular complexity index is 1390. The number of benzene rings is 2. The molecule has 0 unspecified atom stereocenters. The first-order valence-corrected chi connectivity index (χ1v) is 10.7. The van der Waals surface area contributed by atoms with Crippen LogP contribution in [0, 0.1) is 0 Å². The Hall–Kier alpha value is -3.34. The lowest BCUT2D eigenvalue weighted by molar-refractivity contribution is -0.137. The Labute approximate surface area is 175 Å². The van der Waals surface area contributed by atoms with Crippen molar-refractivity contribution in [2.24, 2.45) is 0 Å². The molecule has 4 aromatic rings. The summed E-state index contributed by atoms with van der Waals surface area (Å²) in [5, 5.41) is -0.733. The van der Waals surface area contributed by atoms with Gasteiger partial charge in [-0.05, 0) is 38.1 Å². The van der Waals surface area contributed by atoms with Gasteiger partial charge in [0.1, 0.15) is 0 Å². The van der Waals surface area contributed by atoms with E-state index in [1.807, 2.05) is 0 Å². The lowest BCUT2D eigenvalue weighted by atomic mass is 10.0. The van der Waals surface area contributed by atoms with Crippen molar-refractivity contribution in [3.8, 4) is 22.5 Å². The SMILES string of the molecule is CC(C)S(=O)(=O)n1c(N)nc2ccc(-c3[nH]cnc3-c3cccc(C(F)(F)F)c3)cc21. The fraction of sp³-hybridized carbons (Fsp3) is 0.200. The summed E-state index contributed by atoms with van der Waals surface area (Å²) in [5.41, 5.74) is 7.27. The van der Waals surface area contributed by atoms with Crippen molar-refractivity contribution in [2.45, 2.75) is 25.3 Å². The molecule has 11 heteroatoms. The number of aromatic amines is 1. The first-order chi connectivity index (χ1) is 14.5. The van der Waals surface area contributed by atoms with Crippen molar-refractivity contribution >= 4 is 27.0 Å². The molecule has 7 nitrogen and oxygen atoms in total. The maximum absolute atomic E-state index is 13.1. The van der Waals surface area contributed by atoms with Crippen molar-refractivity contribution < 1.29 is 21.6 Å². The minimum absolute atomic E-state index is 0.163. The van der Waals surface area contributed by atoms with Crippen molar-refractivity contribution in [2.75, 3.05) is 5.73 Å². The maximum Gasteiger partial charge on any atom is 0.416 e. The van der Waals surface area contributed by atoms with E-state index in [0.717, 1.165) is 16.1 Å². The molecule has 3 N–H and O–H groups in total. The van der Waals surface area contributed by atoms with Gasteiger partial charge in [0, 0.05) is 11.1 Å². The molecule has 0 aliphatic heterocycles. The van der Waals surface area contributed by atoms with Crippen LogP contribution in [0.1, 0.15) is 19.4 Å². The van der Waals surface area contributed by atoms with E-state index in [2.05, 4.69) is 15.0 Å². The van der Waals surface area contributed by atoms with Crippen molar-refractivity contribution in [3.05, 3.63) is 54.4 Å². The Morgan fingerprint density at radius 1 is 1.10 bits per heavy atom. The van der Waals surface area contributed by atoms with Crippen LogP contribution in [0.25, 0.3) is 33.5 Å². The average Bonchev–Trinajstić information content (AvgIpc) is 3.30. The van der Waals surface area contributed by atoms with Gasteiger partial charge in [-0.3, -0.25) is 0 Å². The Kier molecular flexibility index (Phi) is 4.80. The molecule has 162 valence electrons. The number of imidazole rings is 2. The Morgan fingerprint density at radius 3 is 2.52 bits per heavy atom. The van der Waals surface area contributed by atoms with Gasteiger partial charge in [-0.1, -0.05) is 18.2 Å². The van der Waals surface area contributed by atoms with Gasteiger partial charge in [-0.25, -0.2) is 22.4 Å². The first-order valence-electron chi connectivity index (χ1n) is 9.24. The molecule has 31 heavy (non-hydrogen) atoms. The second-order valence-electron chi connectivity index (χ2n) is 7.24. The summed E-state index contributed by atoms with van der Waals surface area (Å²) < 4.78 is 65.9. The van der Waals surface area contributed by atoms with Gasteiger partial charge in [0.25, 0.3) is 0 Å². The van der Waals surface area contributed by atoms with Crippen LogP contribution >= 0.6 is 0 Å². The highest BCUT2D eigenvalue weighted by atomic mass is 32.2. The molecule has 0 fully saturated rings. The van der Waals surface area contributed by atoms with Crippen LogP contribution in [0.15, 0.2) is 48.8 Å². The predicted molar refractivity (Wildman–Crippen MR) is 112 cm³/mol. The molecule has 0 aliphatic carbocycles. The molecule has 0 saturated heterocycles. The number of hydrogen-bond donors (Lipinski definition) is 2. The molecule has 0 spiro atoms. The van der Waals surface area contributed by atoms with Gasteiger partial charge >= 0.3 is 6.18 Å². The number of anilines is 1. The number of alkyl halides is 3. The Morgan fingerprint density at radius 2 is 1.84 bits per heavy atom. The van der Waals surface area contributed by atoms with Crippen LogP contribution in [0.5, 0.6) is 0 Å². The van der Waals surface area contributed by atoms with E-state index < -0.39 is 27.0 Å². The lowest BCUT2D eigenvalue weighted by Gasteiger charge is -2.12. The first kappa shape index (κ1) is 20.9. The van der Waals surface area contributed by atoms with Crippen LogP contribution in [0.4, 0.5) is 19.1 Å². The molecule has 4 rings (SSSR count). The summed E-state index contributed by atoms with van der Waals surface area (Å²) in [6.45, 7) is 3.07.